The van der Waals surface area contributed by atoms with E-state index in [-0.39, 0.29) is 24.3 Å². The molecule has 1 atom stereocenters. The first kappa shape index (κ1) is 16.6. The van der Waals surface area contributed by atoms with Gasteiger partial charge in [-0.15, -0.1) is 0 Å². The van der Waals surface area contributed by atoms with Crippen LogP contribution in [0.3, 0.4) is 0 Å². The van der Waals surface area contributed by atoms with E-state index in [0.29, 0.717) is 24.5 Å². The van der Waals surface area contributed by atoms with Crippen LogP contribution < -0.4 is 0 Å². The lowest BCUT2D eigenvalue weighted by Crippen LogP contribution is -2.56. The number of nitrogens with zero attached hydrogens (tertiary/aromatic N) is 1. The Morgan fingerprint density at radius 2 is 1.88 bits per heavy atom. The van der Waals surface area contributed by atoms with Crippen molar-refractivity contribution in [3.05, 3.63) is 35.4 Å². The van der Waals surface area contributed by atoms with Gasteiger partial charge in [0.25, 0.3) is 0 Å². The summed E-state index contributed by atoms with van der Waals surface area (Å²) < 4.78 is 5.37. The van der Waals surface area contributed by atoms with Crippen LogP contribution in [0, 0.1) is 11.3 Å². The van der Waals surface area contributed by atoms with E-state index in [1.165, 1.54) is 5.56 Å². The predicted octanol–water partition coefficient (Wildman–Crippen LogP) is 2.62. The predicted molar refractivity (Wildman–Crippen MR) is 91.9 cm³/mol. The molecule has 1 aromatic carbocycles. The molecule has 4 rings (SSSR count). The second-order valence-electron chi connectivity index (χ2n) is 8.06. The minimum Gasteiger partial charge on any atom is -0.481 e. The molecule has 1 aromatic rings. The first-order valence-electron chi connectivity index (χ1n) is 9.11. The molecule has 3 aliphatic rings. The van der Waals surface area contributed by atoms with Gasteiger partial charge in [-0.3, -0.25) is 9.59 Å². The number of carboxylic acids is 1. The largest absolute Gasteiger partial charge is 0.481 e. The van der Waals surface area contributed by atoms with E-state index in [9.17, 15) is 14.7 Å². The van der Waals surface area contributed by atoms with Crippen molar-refractivity contribution in [3.63, 3.8) is 0 Å². The van der Waals surface area contributed by atoms with Crippen LogP contribution in [0.2, 0.25) is 0 Å². The molecule has 25 heavy (non-hydrogen) atoms. The third-order valence-corrected chi connectivity index (χ3v) is 6.41. The highest BCUT2D eigenvalue weighted by Crippen LogP contribution is 2.59. The van der Waals surface area contributed by atoms with Crippen LogP contribution in [-0.4, -0.2) is 41.1 Å². The number of carboxylic acid groups (broad SMARTS) is 1. The van der Waals surface area contributed by atoms with Crippen molar-refractivity contribution in [2.75, 3.05) is 7.11 Å². The van der Waals surface area contributed by atoms with E-state index < -0.39 is 5.97 Å². The minimum absolute atomic E-state index is 0.0175. The van der Waals surface area contributed by atoms with Crippen LogP contribution >= 0.6 is 0 Å². The van der Waals surface area contributed by atoms with Gasteiger partial charge in [0.15, 0.2) is 0 Å². The fourth-order valence-corrected chi connectivity index (χ4v) is 5.03. The number of carbonyl (C=O) groups excluding carboxylic acids is 1. The SMILES string of the molecule is COC1CC2(C1)CC(C(=O)N1Cc3ccccc3C[C@H]1CC(=O)O)C2. The quantitative estimate of drug-likeness (QED) is 0.913. The van der Waals surface area contributed by atoms with Crippen molar-refractivity contribution in [3.8, 4) is 0 Å². The van der Waals surface area contributed by atoms with Gasteiger partial charge < -0.3 is 14.7 Å². The Bertz CT molecular complexity index is 687. The average molecular weight is 343 g/mol. The summed E-state index contributed by atoms with van der Waals surface area (Å²) in [5.74, 6) is -0.638. The van der Waals surface area contributed by atoms with Crippen molar-refractivity contribution in [1.82, 2.24) is 4.90 Å². The van der Waals surface area contributed by atoms with Gasteiger partial charge in [0, 0.05) is 25.6 Å². The number of hydrogen-bond acceptors (Lipinski definition) is 3. The highest BCUT2D eigenvalue weighted by atomic mass is 16.5. The molecule has 1 spiro atoms. The lowest BCUT2D eigenvalue weighted by Gasteiger charge is -2.57. The second kappa shape index (κ2) is 6.13. The smallest absolute Gasteiger partial charge is 0.305 e. The molecule has 1 amide bonds. The van der Waals surface area contributed by atoms with Gasteiger partial charge in [0.05, 0.1) is 12.5 Å². The molecule has 2 fully saturated rings. The van der Waals surface area contributed by atoms with Gasteiger partial charge in [-0.25, -0.2) is 0 Å². The van der Waals surface area contributed by atoms with Gasteiger partial charge >= 0.3 is 5.97 Å². The van der Waals surface area contributed by atoms with Crippen molar-refractivity contribution in [1.29, 1.82) is 0 Å². The summed E-state index contributed by atoms with van der Waals surface area (Å²) in [5, 5.41) is 9.26. The van der Waals surface area contributed by atoms with Crippen molar-refractivity contribution < 1.29 is 19.4 Å². The molecule has 2 saturated carbocycles. The van der Waals surface area contributed by atoms with E-state index in [1.807, 2.05) is 29.2 Å². The van der Waals surface area contributed by atoms with Crippen LogP contribution in [-0.2, 0) is 27.3 Å². The molecule has 0 bridgehead atoms. The van der Waals surface area contributed by atoms with Gasteiger partial charge in [0.1, 0.15) is 0 Å². The van der Waals surface area contributed by atoms with Gasteiger partial charge in [-0.1, -0.05) is 24.3 Å². The molecule has 134 valence electrons. The molecule has 5 heteroatoms. The van der Waals surface area contributed by atoms with Crippen molar-refractivity contribution in [2.45, 2.75) is 57.2 Å². The molecule has 2 aliphatic carbocycles. The molecule has 1 heterocycles. The summed E-state index contributed by atoms with van der Waals surface area (Å²) in [5.41, 5.74) is 2.64. The number of hydrogen-bond donors (Lipinski definition) is 1. The zero-order valence-corrected chi connectivity index (χ0v) is 14.6. The fourth-order valence-electron chi connectivity index (χ4n) is 5.03. The second-order valence-corrected chi connectivity index (χ2v) is 8.06. The highest BCUT2D eigenvalue weighted by Gasteiger charge is 2.56. The number of benzene rings is 1. The number of ether oxygens (including phenoxy) is 1. The standard InChI is InChI=1S/C20H25NO4/c1-25-17-10-20(11-17)8-15(9-20)19(24)21-12-14-5-3-2-4-13(14)6-16(21)7-18(22)23/h2-5,15-17H,6-12H2,1H3,(H,22,23)/t15?,16-,17?,20?/m0/s1. The molecule has 0 radical (unpaired) electrons. The number of aliphatic carboxylic acids is 1. The van der Waals surface area contributed by atoms with E-state index in [4.69, 9.17) is 4.74 Å². The third-order valence-electron chi connectivity index (χ3n) is 6.41. The highest BCUT2D eigenvalue weighted by molar-refractivity contribution is 5.81. The molecule has 5 nitrogen and oxygen atoms in total. The summed E-state index contributed by atoms with van der Waals surface area (Å²) in [4.78, 5) is 26.2. The molecular weight excluding hydrogens is 318 g/mol. The number of carbonyl (C=O) groups is 2. The summed E-state index contributed by atoms with van der Waals surface area (Å²) >= 11 is 0. The van der Waals surface area contributed by atoms with E-state index in [1.54, 1.807) is 7.11 Å². The zero-order valence-electron chi connectivity index (χ0n) is 14.6. The van der Waals surface area contributed by atoms with Gasteiger partial charge in [-0.2, -0.15) is 0 Å². The molecule has 0 saturated heterocycles. The van der Waals surface area contributed by atoms with Crippen LogP contribution in [0.1, 0.15) is 43.2 Å². The van der Waals surface area contributed by atoms with Crippen molar-refractivity contribution in [2.24, 2.45) is 11.3 Å². The zero-order chi connectivity index (χ0) is 17.6. The van der Waals surface area contributed by atoms with Gasteiger partial charge in [-0.05, 0) is 48.6 Å². The van der Waals surface area contributed by atoms with Crippen molar-refractivity contribution >= 4 is 11.9 Å². The summed E-state index contributed by atoms with van der Waals surface area (Å²) in [6, 6.07) is 7.82. The third kappa shape index (κ3) is 2.95. The Kier molecular flexibility index (Phi) is 4.07. The summed E-state index contributed by atoms with van der Waals surface area (Å²) in [7, 11) is 1.75. The van der Waals surface area contributed by atoms with Gasteiger partial charge in [0.2, 0.25) is 5.91 Å². The number of rotatable bonds is 4. The molecule has 1 N–H and O–H groups in total. The van der Waals surface area contributed by atoms with E-state index in [2.05, 4.69) is 0 Å². The monoisotopic (exact) mass is 343 g/mol. The average Bonchev–Trinajstić information content (AvgIpc) is 2.51. The Hall–Kier alpha value is -1.88. The number of fused-ring (bicyclic) bond motifs is 1. The first-order valence-corrected chi connectivity index (χ1v) is 9.11. The van der Waals surface area contributed by atoms with E-state index in [0.717, 1.165) is 31.2 Å². The van der Waals surface area contributed by atoms with Crippen LogP contribution in [0.4, 0.5) is 0 Å². The Balaban J connectivity index is 1.46. The maximum absolute atomic E-state index is 13.1. The first-order chi connectivity index (χ1) is 12.0. The lowest BCUT2D eigenvalue weighted by atomic mass is 9.50. The Morgan fingerprint density at radius 1 is 1.20 bits per heavy atom. The number of methoxy groups -OCH3 is 1. The Morgan fingerprint density at radius 3 is 2.52 bits per heavy atom. The topological polar surface area (TPSA) is 66.8 Å². The van der Waals surface area contributed by atoms with E-state index >= 15 is 0 Å². The fraction of sp³-hybridized carbons (Fsp3) is 0.600. The molecular formula is C20H25NO4. The lowest BCUT2D eigenvalue weighted by molar-refractivity contribution is -0.164. The Labute approximate surface area is 148 Å². The normalized spacial score (nSPS) is 33.3. The van der Waals surface area contributed by atoms with Crippen LogP contribution in [0.25, 0.3) is 0 Å². The molecule has 0 aromatic heterocycles. The molecule has 1 aliphatic heterocycles. The van der Waals surface area contributed by atoms with Crippen LogP contribution in [0.5, 0.6) is 0 Å². The van der Waals surface area contributed by atoms with Crippen LogP contribution in [0.15, 0.2) is 24.3 Å². The maximum Gasteiger partial charge on any atom is 0.305 e. The molecule has 0 unspecified atom stereocenters. The number of amides is 1. The summed E-state index contributed by atoms with van der Waals surface area (Å²) in [6.07, 6.45) is 5.01. The summed E-state index contributed by atoms with van der Waals surface area (Å²) in [6.45, 7) is 0.539. The minimum atomic E-state index is -0.839. The maximum atomic E-state index is 13.1.